The monoisotopic (exact) mass is 262 g/mol. The Kier molecular flexibility index (Phi) is 3.74. The van der Waals surface area contributed by atoms with Crippen molar-refractivity contribution < 1.29 is 4.79 Å². The summed E-state index contributed by atoms with van der Waals surface area (Å²) in [5.74, 6) is -0.269. The topological polar surface area (TPSA) is 80.9 Å². The van der Waals surface area contributed by atoms with Crippen LogP contribution in [0.3, 0.4) is 0 Å². The van der Waals surface area contributed by atoms with Crippen LogP contribution in [0.4, 0.5) is 5.82 Å². The maximum atomic E-state index is 11.8. The van der Waals surface area contributed by atoms with Gasteiger partial charge in [-0.05, 0) is 11.6 Å². The molecule has 0 spiro atoms. The molecule has 0 aliphatic rings. The molecule has 0 radical (unpaired) electrons. The van der Waals surface area contributed by atoms with Gasteiger partial charge in [0, 0.05) is 24.0 Å². The molecule has 0 saturated carbocycles. The predicted molar refractivity (Wildman–Crippen MR) is 69.1 cm³/mol. The summed E-state index contributed by atoms with van der Waals surface area (Å²) in [5.41, 5.74) is 6.50. The van der Waals surface area contributed by atoms with E-state index in [1.54, 1.807) is 6.07 Å². The zero-order valence-electron chi connectivity index (χ0n) is 9.43. The van der Waals surface area contributed by atoms with Gasteiger partial charge in [-0.3, -0.25) is 4.79 Å². The average molecular weight is 263 g/mol. The van der Waals surface area contributed by atoms with Gasteiger partial charge in [-0.15, -0.1) is 0 Å². The van der Waals surface area contributed by atoms with Crippen molar-refractivity contribution in [3.63, 3.8) is 0 Å². The van der Waals surface area contributed by atoms with E-state index >= 15 is 0 Å². The molecule has 18 heavy (non-hydrogen) atoms. The number of amides is 1. The molecule has 1 heterocycles. The number of hydrogen-bond acceptors (Lipinski definition) is 4. The molecule has 0 bridgehead atoms. The number of anilines is 1. The fraction of sp³-hybridized carbons (Fsp3) is 0.0833. The third kappa shape index (κ3) is 2.75. The van der Waals surface area contributed by atoms with Crippen LogP contribution < -0.4 is 11.1 Å². The van der Waals surface area contributed by atoms with Crippen LogP contribution in [0.15, 0.2) is 36.7 Å². The summed E-state index contributed by atoms with van der Waals surface area (Å²) >= 11 is 5.98. The van der Waals surface area contributed by atoms with Crippen LogP contribution >= 0.6 is 11.6 Å². The largest absolute Gasteiger partial charge is 0.382 e. The summed E-state index contributed by atoms with van der Waals surface area (Å²) in [6.45, 7) is 0.314. The van der Waals surface area contributed by atoms with E-state index < -0.39 is 0 Å². The second kappa shape index (κ2) is 5.46. The van der Waals surface area contributed by atoms with Crippen LogP contribution in [-0.4, -0.2) is 15.9 Å². The molecule has 0 unspecified atom stereocenters. The molecule has 6 heteroatoms. The number of halogens is 1. The van der Waals surface area contributed by atoms with Crippen LogP contribution in [0.25, 0.3) is 0 Å². The molecule has 0 aliphatic heterocycles. The first-order valence-electron chi connectivity index (χ1n) is 5.26. The van der Waals surface area contributed by atoms with Gasteiger partial charge >= 0.3 is 0 Å². The Morgan fingerprint density at radius 2 is 2.00 bits per heavy atom. The normalized spacial score (nSPS) is 10.1. The fourth-order valence-electron chi connectivity index (χ4n) is 1.42. The summed E-state index contributed by atoms with van der Waals surface area (Å²) in [6.07, 6.45) is 2.85. The van der Waals surface area contributed by atoms with Gasteiger partial charge in [0.1, 0.15) is 0 Å². The summed E-state index contributed by atoms with van der Waals surface area (Å²) in [6, 6.07) is 7.28. The summed E-state index contributed by atoms with van der Waals surface area (Å²) in [7, 11) is 0. The number of hydrogen-bond donors (Lipinski definition) is 2. The second-order valence-corrected chi connectivity index (χ2v) is 3.97. The Hall–Kier alpha value is -2.14. The van der Waals surface area contributed by atoms with Gasteiger partial charge in [-0.1, -0.05) is 29.8 Å². The van der Waals surface area contributed by atoms with Crippen LogP contribution in [0.2, 0.25) is 5.02 Å². The van der Waals surface area contributed by atoms with E-state index in [0.29, 0.717) is 11.6 Å². The first-order valence-corrected chi connectivity index (χ1v) is 5.64. The number of rotatable bonds is 3. The number of benzene rings is 1. The van der Waals surface area contributed by atoms with Gasteiger partial charge in [0.25, 0.3) is 5.91 Å². The smallest absolute Gasteiger partial charge is 0.273 e. The standard InChI is InChI=1S/C12H11ClN4O/c13-9-4-2-1-3-8(9)7-17-12(18)10-11(14)16-6-5-15-10/h1-6H,7H2,(H2,14,16)(H,17,18). The molecule has 0 saturated heterocycles. The van der Waals surface area contributed by atoms with Gasteiger partial charge < -0.3 is 11.1 Å². The van der Waals surface area contributed by atoms with Crippen molar-refractivity contribution >= 4 is 23.3 Å². The number of aromatic nitrogens is 2. The highest BCUT2D eigenvalue weighted by Gasteiger charge is 2.11. The lowest BCUT2D eigenvalue weighted by Crippen LogP contribution is -2.25. The lowest BCUT2D eigenvalue weighted by Gasteiger charge is -2.07. The van der Waals surface area contributed by atoms with E-state index in [2.05, 4.69) is 15.3 Å². The van der Waals surface area contributed by atoms with Gasteiger partial charge in [-0.25, -0.2) is 9.97 Å². The first-order chi connectivity index (χ1) is 8.68. The lowest BCUT2D eigenvalue weighted by molar-refractivity contribution is 0.0946. The van der Waals surface area contributed by atoms with E-state index in [9.17, 15) is 4.79 Å². The highest BCUT2D eigenvalue weighted by molar-refractivity contribution is 6.31. The number of carbonyl (C=O) groups excluding carboxylic acids is 1. The van der Waals surface area contributed by atoms with Gasteiger partial charge in [0.05, 0.1) is 0 Å². The third-order valence-electron chi connectivity index (χ3n) is 2.34. The van der Waals surface area contributed by atoms with E-state index in [-0.39, 0.29) is 17.4 Å². The van der Waals surface area contributed by atoms with Crippen molar-refractivity contribution in [2.75, 3.05) is 5.73 Å². The van der Waals surface area contributed by atoms with Crippen LogP contribution in [-0.2, 0) is 6.54 Å². The molecule has 1 aromatic carbocycles. The first kappa shape index (κ1) is 12.3. The minimum absolute atomic E-state index is 0.106. The number of nitrogens with two attached hydrogens (primary N) is 1. The molecule has 2 aromatic rings. The van der Waals surface area contributed by atoms with Gasteiger partial charge in [0.15, 0.2) is 11.5 Å². The molecule has 1 aromatic heterocycles. The molecule has 0 aliphatic carbocycles. The molecule has 3 N–H and O–H groups in total. The third-order valence-corrected chi connectivity index (χ3v) is 2.71. The Labute approximate surface area is 109 Å². The van der Waals surface area contributed by atoms with Crippen molar-refractivity contribution in [2.45, 2.75) is 6.54 Å². The summed E-state index contributed by atoms with van der Waals surface area (Å²) in [5, 5.41) is 3.29. The van der Waals surface area contributed by atoms with Crippen molar-refractivity contribution in [1.82, 2.24) is 15.3 Å². The maximum Gasteiger partial charge on any atom is 0.273 e. The lowest BCUT2D eigenvalue weighted by atomic mass is 10.2. The highest BCUT2D eigenvalue weighted by atomic mass is 35.5. The average Bonchev–Trinajstić information content (AvgIpc) is 2.38. The Morgan fingerprint density at radius 3 is 2.72 bits per heavy atom. The molecule has 0 atom stereocenters. The summed E-state index contributed by atoms with van der Waals surface area (Å²) < 4.78 is 0. The predicted octanol–water partition coefficient (Wildman–Crippen LogP) is 1.64. The molecule has 0 fully saturated rings. The number of carbonyl (C=O) groups is 1. The van der Waals surface area contributed by atoms with Crippen LogP contribution in [0.1, 0.15) is 16.1 Å². The zero-order chi connectivity index (χ0) is 13.0. The Bertz CT molecular complexity index is 574. The number of nitrogens with zero attached hydrogens (tertiary/aromatic N) is 2. The quantitative estimate of drug-likeness (QED) is 0.881. The van der Waals surface area contributed by atoms with Crippen molar-refractivity contribution in [2.24, 2.45) is 0 Å². The van der Waals surface area contributed by atoms with Crippen LogP contribution in [0.5, 0.6) is 0 Å². The van der Waals surface area contributed by atoms with Gasteiger partial charge in [-0.2, -0.15) is 0 Å². The molecule has 1 amide bonds. The zero-order valence-corrected chi connectivity index (χ0v) is 10.2. The minimum Gasteiger partial charge on any atom is -0.382 e. The second-order valence-electron chi connectivity index (χ2n) is 3.56. The molecular formula is C12H11ClN4O. The molecule has 92 valence electrons. The van der Waals surface area contributed by atoms with Crippen molar-refractivity contribution in [3.05, 3.63) is 52.9 Å². The van der Waals surface area contributed by atoms with Crippen LogP contribution in [0, 0.1) is 0 Å². The van der Waals surface area contributed by atoms with E-state index in [1.807, 2.05) is 18.2 Å². The number of nitrogen functional groups attached to an aromatic ring is 1. The SMILES string of the molecule is Nc1nccnc1C(=O)NCc1ccccc1Cl. The maximum absolute atomic E-state index is 11.8. The number of nitrogens with one attached hydrogen (secondary N) is 1. The van der Waals surface area contributed by atoms with Crippen molar-refractivity contribution in [1.29, 1.82) is 0 Å². The van der Waals surface area contributed by atoms with E-state index in [4.69, 9.17) is 17.3 Å². The molecule has 5 nitrogen and oxygen atoms in total. The van der Waals surface area contributed by atoms with Crippen molar-refractivity contribution in [3.8, 4) is 0 Å². The Balaban J connectivity index is 2.06. The molecule has 2 rings (SSSR count). The Morgan fingerprint density at radius 1 is 1.28 bits per heavy atom. The summed E-state index contributed by atoms with van der Waals surface area (Å²) in [4.78, 5) is 19.5. The highest BCUT2D eigenvalue weighted by Crippen LogP contribution is 2.14. The minimum atomic E-state index is -0.375. The fourth-order valence-corrected chi connectivity index (χ4v) is 1.63. The molecular weight excluding hydrogens is 252 g/mol. The van der Waals surface area contributed by atoms with E-state index in [1.165, 1.54) is 12.4 Å². The van der Waals surface area contributed by atoms with Gasteiger partial charge in [0.2, 0.25) is 0 Å². The van der Waals surface area contributed by atoms with E-state index in [0.717, 1.165) is 5.56 Å².